The highest BCUT2D eigenvalue weighted by molar-refractivity contribution is 9.10. The molecule has 0 aliphatic carbocycles. The summed E-state index contributed by atoms with van der Waals surface area (Å²) in [7, 11) is 0. The molecule has 0 saturated carbocycles. The van der Waals surface area contributed by atoms with Crippen molar-refractivity contribution in [2.75, 3.05) is 19.6 Å². The third-order valence-corrected chi connectivity index (χ3v) is 4.68. The molecule has 1 aromatic rings. The Bertz CT molecular complexity index is 449. The van der Waals surface area contributed by atoms with Crippen LogP contribution in [0.5, 0.6) is 0 Å². The molecule has 0 radical (unpaired) electrons. The Morgan fingerprint density at radius 2 is 2.17 bits per heavy atom. The monoisotopic (exact) mass is 308 g/mol. The van der Waals surface area contributed by atoms with Gasteiger partial charge in [-0.3, -0.25) is 4.79 Å². The number of halogens is 1. The average Bonchev–Trinajstić information content (AvgIpc) is 2.82. The highest BCUT2D eigenvalue weighted by atomic mass is 79.9. The number of fused-ring (bicyclic) bond motifs is 1. The first kappa shape index (κ1) is 12.2. The average molecular weight is 309 g/mol. The Labute approximate surface area is 116 Å². The summed E-state index contributed by atoms with van der Waals surface area (Å²) >= 11 is 3.46. The second-order valence-electron chi connectivity index (χ2n) is 5.15. The van der Waals surface area contributed by atoms with E-state index in [2.05, 4.69) is 21.2 Å². The van der Waals surface area contributed by atoms with Gasteiger partial charge in [0, 0.05) is 23.6 Å². The van der Waals surface area contributed by atoms with Crippen molar-refractivity contribution < 1.29 is 4.79 Å². The van der Waals surface area contributed by atoms with Crippen molar-refractivity contribution in [1.29, 1.82) is 0 Å². The lowest BCUT2D eigenvalue weighted by atomic mass is 9.94. The standard InChI is InChI=1S/C14H17BrN2O/c15-12-6-2-1-5-11(12)14(18)17-8-10-4-3-7-16-13(10)9-17/h1-2,5-6,10,13,16H,3-4,7-9H2/t10-,13+/m0/s1. The van der Waals surface area contributed by atoms with E-state index in [1.54, 1.807) is 0 Å². The van der Waals surface area contributed by atoms with Crippen molar-refractivity contribution in [3.05, 3.63) is 34.3 Å². The van der Waals surface area contributed by atoms with E-state index in [0.717, 1.165) is 29.7 Å². The first-order chi connectivity index (χ1) is 8.75. The first-order valence-electron chi connectivity index (χ1n) is 6.53. The third kappa shape index (κ3) is 2.19. The third-order valence-electron chi connectivity index (χ3n) is 3.99. The van der Waals surface area contributed by atoms with Crippen molar-refractivity contribution in [3.8, 4) is 0 Å². The Balaban J connectivity index is 1.76. The zero-order valence-corrected chi connectivity index (χ0v) is 11.8. The maximum atomic E-state index is 12.5. The molecule has 1 amide bonds. The van der Waals surface area contributed by atoms with Crippen LogP contribution < -0.4 is 5.32 Å². The number of rotatable bonds is 1. The van der Waals surface area contributed by atoms with Crippen molar-refractivity contribution in [3.63, 3.8) is 0 Å². The van der Waals surface area contributed by atoms with E-state index >= 15 is 0 Å². The summed E-state index contributed by atoms with van der Waals surface area (Å²) in [4.78, 5) is 14.5. The van der Waals surface area contributed by atoms with Crippen molar-refractivity contribution in [2.24, 2.45) is 5.92 Å². The van der Waals surface area contributed by atoms with Gasteiger partial charge in [-0.1, -0.05) is 12.1 Å². The van der Waals surface area contributed by atoms with Crippen molar-refractivity contribution in [1.82, 2.24) is 10.2 Å². The molecule has 2 saturated heterocycles. The summed E-state index contributed by atoms with van der Waals surface area (Å²) in [5.41, 5.74) is 0.774. The Kier molecular flexibility index (Phi) is 3.39. The Hall–Kier alpha value is -0.870. The van der Waals surface area contributed by atoms with Crippen LogP contribution in [0, 0.1) is 5.92 Å². The Morgan fingerprint density at radius 3 is 2.94 bits per heavy atom. The lowest BCUT2D eigenvalue weighted by Crippen LogP contribution is -2.41. The maximum Gasteiger partial charge on any atom is 0.255 e. The largest absolute Gasteiger partial charge is 0.337 e. The van der Waals surface area contributed by atoms with Gasteiger partial charge in [0.25, 0.3) is 5.91 Å². The minimum atomic E-state index is 0.152. The summed E-state index contributed by atoms with van der Waals surface area (Å²) in [6.45, 7) is 2.85. The van der Waals surface area contributed by atoms with E-state index in [9.17, 15) is 4.79 Å². The second kappa shape index (κ2) is 5.02. The van der Waals surface area contributed by atoms with E-state index in [1.165, 1.54) is 12.8 Å². The lowest BCUT2D eigenvalue weighted by Gasteiger charge is -2.24. The molecule has 2 aliphatic heterocycles. The molecule has 3 nitrogen and oxygen atoms in total. The normalized spacial score (nSPS) is 27.1. The van der Waals surface area contributed by atoms with Crippen LogP contribution in [0.3, 0.4) is 0 Å². The van der Waals surface area contributed by atoms with Gasteiger partial charge in [-0.25, -0.2) is 0 Å². The van der Waals surface area contributed by atoms with Crippen LogP contribution in [0.25, 0.3) is 0 Å². The molecular weight excluding hydrogens is 292 g/mol. The van der Waals surface area contributed by atoms with Gasteiger partial charge in [-0.15, -0.1) is 0 Å². The van der Waals surface area contributed by atoms with Crippen LogP contribution in [-0.2, 0) is 0 Å². The van der Waals surface area contributed by atoms with Crippen LogP contribution in [-0.4, -0.2) is 36.5 Å². The highest BCUT2D eigenvalue weighted by Crippen LogP contribution is 2.27. The summed E-state index contributed by atoms with van der Waals surface area (Å²) < 4.78 is 0.887. The van der Waals surface area contributed by atoms with Gasteiger partial charge in [0.15, 0.2) is 0 Å². The molecule has 3 rings (SSSR count). The predicted octanol–water partition coefficient (Wildman–Crippen LogP) is 2.27. The fourth-order valence-corrected chi connectivity index (χ4v) is 3.47. The van der Waals surface area contributed by atoms with Gasteiger partial charge < -0.3 is 10.2 Å². The minimum Gasteiger partial charge on any atom is -0.337 e. The van der Waals surface area contributed by atoms with Crippen LogP contribution >= 0.6 is 15.9 Å². The van der Waals surface area contributed by atoms with E-state index < -0.39 is 0 Å². The van der Waals surface area contributed by atoms with Crippen LogP contribution in [0.4, 0.5) is 0 Å². The SMILES string of the molecule is O=C(c1ccccc1Br)N1C[C@@H]2CCCN[C@@H]2C1. The predicted molar refractivity (Wildman–Crippen MR) is 74.6 cm³/mol. The topological polar surface area (TPSA) is 32.3 Å². The van der Waals surface area contributed by atoms with Gasteiger partial charge in [0.1, 0.15) is 0 Å². The molecule has 1 N–H and O–H groups in total. The smallest absolute Gasteiger partial charge is 0.255 e. The number of benzene rings is 1. The van der Waals surface area contributed by atoms with E-state index in [0.29, 0.717) is 12.0 Å². The number of carbonyl (C=O) groups is 1. The quantitative estimate of drug-likeness (QED) is 0.863. The fraction of sp³-hybridized carbons (Fsp3) is 0.500. The summed E-state index contributed by atoms with van der Waals surface area (Å²) in [6.07, 6.45) is 2.48. The molecule has 0 bridgehead atoms. The number of nitrogens with zero attached hydrogens (tertiary/aromatic N) is 1. The molecule has 2 atom stereocenters. The number of nitrogens with one attached hydrogen (secondary N) is 1. The Morgan fingerprint density at radius 1 is 1.33 bits per heavy atom. The molecule has 0 aromatic heterocycles. The van der Waals surface area contributed by atoms with Gasteiger partial charge in [-0.2, -0.15) is 0 Å². The molecule has 96 valence electrons. The molecule has 1 aromatic carbocycles. The number of likely N-dealkylation sites (tertiary alicyclic amines) is 1. The number of amides is 1. The minimum absolute atomic E-state index is 0.152. The van der Waals surface area contributed by atoms with Crippen LogP contribution in [0.1, 0.15) is 23.2 Å². The van der Waals surface area contributed by atoms with E-state index in [-0.39, 0.29) is 5.91 Å². The first-order valence-corrected chi connectivity index (χ1v) is 7.32. The number of carbonyl (C=O) groups excluding carboxylic acids is 1. The van der Waals surface area contributed by atoms with Gasteiger partial charge in [-0.05, 0) is 53.4 Å². The molecule has 0 unspecified atom stereocenters. The lowest BCUT2D eigenvalue weighted by molar-refractivity contribution is 0.0784. The molecular formula is C14H17BrN2O. The molecule has 18 heavy (non-hydrogen) atoms. The molecule has 2 fully saturated rings. The fourth-order valence-electron chi connectivity index (χ4n) is 3.02. The van der Waals surface area contributed by atoms with Crippen LogP contribution in [0.2, 0.25) is 0 Å². The summed E-state index contributed by atoms with van der Waals surface area (Å²) in [6, 6.07) is 8.17. The number of hydrogen-bond acceptors (Lipinski definition) is 2. The van der Waals surface area contributed by atoms with Crippen molar-refractivity contribution >= 4 is 21.8 Å². The van der Waals surface area contributed by atoms with E-state index in [1.807, 2.05) is 29.2 Å². The maximum absolute atomic E-state index is 12.5. The highest BCUT2D eigenvalue weighted by Gasteiger charge is 2.36. The summed E-state index contributed by atoms with van der Waals surface area (Å²) in [5, 5.41) is 3.53. The molecule has 4 heteroatoms. The number of hydrogen-bond donors (Lipinski definition) is 1. The number of piperidine rings is 1. The summed E-state index contributed by atoms with van der Waals surface area (Å²) in [5.74, 6) is 0.795. The van der Waals surface area contributed by atoms with Crippen molar-refractivity contribution in [2.45, 2.75) is 18.9 Å². The molecule has 2 aliphatic rings. The zero-order valence-electron chi connectivity index (χ0n) is 10.2. The van der Waals surface area contributed by atoms with Gasteiger partial charge >= 0.3 is 0 Å². The molecule has 0 spiro atoms. The van der Waals surface area contributed by atoms with Gasteiger partial charge in [0.05, 0.1) is 5.56 Å². The molecule has 2 heterocycles. The van der Waals surface area contributed by atoms with Crippen LogP contribution in [0.15, 0.2) is 28.7 Å². The van der Waals surface area contributed by atoms with E-state index in [4.69, 9.17) is 0 Å². The zero-order chi connectivity index (χ0) is 12.5. The van der Waals surface area contributed by atoms with Gasteiger partial charge in [0.2, 0.25) is 0 Å². The second-order valence-corrected chi connectivity index (χ2v) is 6.01.